The van der Waals surface area contributed by atoms with Gasteiger partial charge in [0.1, 0.15) is 6.33 Å². The van der Waals surface area contributed by atoms with Gasteiger partial charge in [-0.25, -0.2) is 9.97 Å². The van der Waals surface area contributed by atoms with E-state index in [0.29, 0.717) is 0 Å². The minimum absolute atomic E-state index is 0.0868. The van der Waals surface area contributed by atoms with E-state index in [1.165, 1.54) is 0 Å². The lowest BCUT2D eigenvalue weighted by Crippen LogP contribution is -2.32. The van der Waals surface area contributed by atoms with E-state index in [1.54, 1.807) is 0 Å². The van der Waals surface area contributed by atoms with Crippen LogP contribution in [0.3, 0.4) is 0 Å². The highest BCUT2D eigenvalue weighted by Crippen LogP contribution is 2.34. The largest absolute Gasteiger partial charge is 0.433 e. The first-order chi connectivity index (χ1) is 7.00. The Morgan fingerprint density at radius 3 is 2.80 bits per heavy atom. The third-order valence-electron chi connectivity index (χ3n) is 2.20. The third kappa shape index (κ3) is 1.80. The predicted molar refractivity (Wildman–Crippen MR) is 43.7 cm³/mol. The van der Waals surface area contributed by atoms with Gasteiger partial charge in [0.2, 0.25) is 0 Å². The molecule has 0 saturated heterocycles. The zero-order valence-electron chi connectivity index (χ0n) is 7.54. The maximum Gasteiger partial charge on any atom is 0.433 e. The molecule has 0 aliphatic carbocycles. The zero-order valence-corrected chi connectivity index (χ0v) is 7.54. The Bertz CT molecular complexity index is 380. The molecule has 0 spiro atoms. The Balaban J connectivity index is 2.57. The van der Waals surface area contributed by atoms with Gasteiger partial charge in [-0.05, 0) is 0 Å². The van der Waals surface area contributed by atoms with Gasteiger partial charge in [-0.15, -0.1) is 0 Å². The Morgan fingerprint density at radius 1 is 1.40 bits per heavy atom. The van der Waals surface area contributed by atoms with E-state index in [4.69, 9.17) is 0 Å². The number of hydrogen-bond donors (Lipinski definition) is 2. The first-order valence-electron chi connectivity index (χ1n) is 4.30. The molecule has 1 aromatic heterocycles. The van der Waals surface area contributed by atoms with Crippen LogP contribution in [-0.2, 0) is 12.7 Å². The van der Waals surface area contributed by atoms with Crippen molar-refractivity contribution < 1.29 is 18.3 Å². The van der Waals surface area contributed by atoms with Gasteiger partial charge in [0.25, 0.3) is 0 Å². The number of aromatic nitrogens is 2. The van der Waals surface area contributed by atoms with E-state index in [9.17, 15) is 18.3 Å². The molecule has 0 bridgehead atoms. The van der Waals surface area contributed by atoms with Crippen molar-refractivity contribution in [1.82, 2.24) is 15.3 Å². The van der Waals surface area contributed by atoms with E-state index in [-0.39, 0.29) is 24.3 Å². The smallest absolute Gasteiger partial charge is 0.387 e. The molecule has 0 amide bonds. The molecule has 0 radical (unpaired) electrons. The molecule has 0 aromatic carbocycles. The summed E-state index contributed by atoms with van der Waals surface area (Å²) in [6.45, 7) is 0.307. The van der Waals surface area contributed by atoms with E-state index in [2.05, 4.69) is 15.3 Å². The van der Waals surface area contributed by atoms with Crippen molar-refractivity contribution in [2.45, 2.75) is 18.8 Å². The van der Waals surface area contributed by atoms with Crippen LogP contribution in [0.4, 0.5) is 13.2 Å². The van der Waals surface area contributed by atoms with Gasteiger partial charge >= 0.3 is 6.18 Å². The number of hydrogen-bond acceptors (Lipinski definition) is 4. The number of aliphatic hydroxyl groups is 1. The second kappa shape index (κ2) is 3.42. The molecule has 4 nitrogen and oxygen atoms in total. The van der Waals surface area contributed by atoms with Crippen molar-refractivity contribution in [3.05, 3.63) is 23.3 Å². The van der Waals surface area contributed by atoms with Crippen molar-refractivity contribution in [3.8, 4) is 0 Å². The molecule has 15 heavy (non-hydrogen) atoms. The number of aliphatic hydroxyl groups excluding tert-OH is 1. The molecule has 0 fully saturated rings. The predicted octanol–water partition coefficient (Wildman–Crippen LogP) is 0.632. The summed E-state index contributed by atoms with van der Waals surface area (Å²) in [4.78, 5) is 6.90. The van der Waals surface area contributed by atoms with Crippen LogP contribution in [-0.4, -0.2) is 21.6 Å². The van der Waals surface area contributed by atoms with Crippen LogP contribution in [0.5, 0.6) is 0 Å². The summed E-state index contributed by atoms with van der Waals surface area (Å²) in [7, 11) is 0. The second-order valence-corrected chi connectivity index (χ2v) is 3.23. The third-order valence-corrected chi connectivity index (χ3v) is 2.20. The summed E-state index contributed by atoms with van der Waals surface area (Å²) in [5.74, 6) is 0. The molecule has 2 heterocycles. The summed E-state index contributed by atoms with van der Waals surface area (Å²) < 4.78 is 37.6. The second-order valence-electron chi connectivity index (χ2n) is 3.23. The molecular formula is C8H8F3N3O. The molecule has 1 atom stereocenters. The van der Waals surface area contributed by atoms with Crippen LogP contribution < -0.4 is 5.32 Å². The Kier molecular flexibility index (Phi) is 2.35. The highest BCUT2D eigenvalue weighted by Gasteiger charge is 2.39. The van der Waals surface area contributed by atoms with E-state index < -0.39 is 18.0 Å². The topological polar surface area (TPSA) is 58.0 Å². The average Bonchev–Trinajstić information content (AvgIpc) is 2.16. The summed E-state index contributed by atoms with van der Waals surface area (Å²) >= 11 is 0. The number of alkyl halides is 3. The Morgan fingerprint density at radius 2 is 2.13 bits per heavy atom. The number of β-amino-alcohol motifs (C(OH)–C–C–N with tert-alkyl or cyclic N) is 1. The molecule has 7 heteroatoms. The van der Waals surface area contributed by atoms with Crippen LogP contribution in [0.1, 0.15) is 23.1 Å². The maximum absolute atomic E-state index is 12.5. The number of rotatable bonds is 0. The summed E-state index contributed by atoms with van der Waals surface area (Å²) in [5.41, 5.74) is -1.04. The minimum atomic E-state index is -4.55. The molecule has 2 N–H and O–H groups in total. The molecule has 1 aliphatic rings. The van der Waals surface area contributed by atoms with Crippen molar-refractivity contribution >= 4 is 0 Å². The Hall–Kier alpha value is -1.21. The van der Waals surface area contributed by atoms with Crippen LogP contribution in [0.25, 0.3) is 0 Å². The summed E-state index contributed by atoms with van der Waals surface area (Å²) in [6.07, 6.45) is -4.89. The fraction of sp³-hybridized carbons (Fsp3) is 0.500. The van der Waals surface area contributed by atoms with E-state index in [0.717, 1.165) is 6.33 Å². The lowest BCUT2D eigenvalue weighted by molar-refractivity contribution is -0.143. The van der Waals surface area contributed by atoms with Gasteiger partial charge in [-0.1, -0.05) is 0 Å². The monoisotopic (exact) mass is 219 g/mol. The van der Waals surface area contributed by atoms with Gasteiger partial charge in [0.05, 0.1) is 11.8 Å². The van der Waals surface area contributed by atoms with Crippen molar-refractivity contribution in [3.63, 3.8) is 0 Å². The highest BCUT2D eigenvalue weighted by atomic mass is 19.4. The molecule has 0 saturated carbocycles. The van der Waals surface area contributed by atoms with Gasteiger partial charge in [-0.2, -0.15) is 13.2 Å². The van der Waals surface area contributed by atoms with Crippen LogP contribution >= 0.6 is 0 Å². The van der Waals surface area contributed by atoms with Crippen molar-refractivity contribution in [2.24, 2.45) is 0 Å². The quantitative estimate of drug-likeness (QED) is 0.672. The first-order valence-corrected chi connectivity index (χ1v) is 4.30. The molecule has 1 aromatic rings. The number of halogens is 3. The van der Waals surface area contributed by atoms with E-state index >= 15 is 0 Å². The maximum atomic E-state index is 12.5. The number of nitrogens with one attached hydrogen (secondary N) is 1. The molecular weight excluding hydrogens is 211 g/mol. The number of fused-ring (bicyclic) bond motifs is 1. The molecule has 1 aliphatic heterocycles. The van der Waals surface area contributed by atoms with Crippen LogP contribution in [0.15, 0.2) is 6.33 Å². The van der Waals surface area contributed by atoms with Crippen molar-refractivity contribution in [1.29, 1.82) is 0 Å². The minimum Gasteiger partial charge on any atom is -0.387 e. The lowest BCUT2D eigenvalue weighted by Gasteiger charge is -2.23. The fourth-order valence-corrected chi connectivity index (χ4v) is 1.58. The summed E-state index contributed by atoms with van der Waals surface area (Å²) in [5, 5.41) is 12.2. The van der Waals surface area contributed by atoms with Crippen LogP contribution in [0, 0.1) is 0 Å². The highest BCUT2D eigenvalue weighted by molar-refractivity contribution is 5.31. The molecule has 1 unspecified atom stereocenters. The average molecular weight is 219 g/mol. The van der Waals surface area contributed by atoms with E-state index in [1.807, 2.05) is 0 Å². The zero-order chi connectivity index (χ0) is 11.1. The SMILES string of the molecule is OC1CNCc2ncnc(C(F)(F)F)c21. The lowest BCUT2D eigenvalue weighted by atomic mass is 10.0. The van der Waals surface area contributed by atoms with Crippen molar-refractivity contribution in [2.75, 3.05) is 6.54 Å². The normalized spacial score (nSPS) is 21.2. The standard InChI is InChI=1S/C8H8F3N3O/c9-8(10,11)7-6-4(13-3-14-7)1-12-2-5(6)15/h3,5,12,15H,1-2H2. The van der Waals surface area contributed by atoms with Gasteiger partial charge in [-0.3, -0.25) is 0 Å². The first kappa shape index (κ1) is 10.3. The number of nitrogens with zero attached hydrogens (tertiary/aromatic N) is 2. The fourth-order valence-electron chi connectivity index (χ4n) is 1.58. The molecule has 82 valence electrons. The Labute approximate surface area is 83.2 Å². The van der Waals surface area contributed by atoms with Crippen LogP contribution in [0.2, 0.25) is 0 Å². The van der Waals surface area contributed by atoms with Gasteiger partial charge < -0.3 is 10.4 Å². The van der Waals surface area contributed by atoms with Gasteiger partial charge in [0.15, 0.2) is 5.69 Å². The summed E-state index contributed by atoms with van der Waals surface area (Å²) in [6, 6.07) is 0. The van der Waals surface area contributed by atoms with Gasteiger partial charge in [0, 0.05) is 18.7 Å². The molecule has 2 rings (SSSR count).